The lowest BCUT2D eigenvalue weighted by Crippen LogP contribution is -2.32. The van der Waals surface area contributed by atoms with E-state index in [1.165, 1.54) is 12.1 Å². The number of rotatable bonds is 4. The van der Waals surface area contributed by atoms with Crippen molar-refractivity contribution in [3.8, 4) is 0 Å². The average molecular weight is 240 g/mol. The Labute approximate surface area is 100 Å². The molecule has 2 rings (SSSR count). The van der Waals surface area contributed by atoms with Crippen molar-refractivity contribution in [1.29, 1.82) is 0 Å². The van der Waals surface area contributed by atoms with E-state index in [9.17, 15) is 8.78 Å². The van der Waals surface area contributed by atoms with Gasteiger partial charge in [-0.2, -0.15) is 0 Å². The first-order chi connectivity index (χ1) is 8.04. The quantitative estimate of drug-likeness (QED) is 0.876. The smallest absolute Gasteiger partial charge is 0.149 e. The van der Waals surface area contributed by atoms with Gasteiger partial charge in [-0.25, -0.2) is 8.78 Å². The maximum absolute atomic E-state index is 13.9. The van der Waals surface area contributed by atoms with Gasteiger partial charge in [0.2, 0.25) is 0 Å². The Bertz CT molecular complexity index is 393. The number of nitrogens with zero attached hydrogens (tertiary/aromatic N) is 1. The van der Waals surface area contributed by atoms with Crippen molar-refractivity contribution in [3.05, 3.63) is 29.3 Å². The molecule has 17 heavy (non-hydrogen) atoms. The Morgan fingerprint density at radius 1 is 1.35 bits per heavy atom. The summed E-state index contributed by atoms with van der Waals surface area (Å²) >= 11 is 0. The fourth-order valence-corrected chi connectivity index (χ4v) is 2.17. The summed E-state index contributed by atoms with van der Waals surface area (Å²) in [6.07, 6.45) is 2.30. The Hall–Kier alpha value is -1.16. The number of nitrogens with two attached hydrogens (primary N) is 1. The minimum absolute atomic E-state index is 0.0570. The lowest BCUT2D eigenvalue weighted by Gasteiger charge is -2.28. The molecule has 94 valence electrons. The zero-order valence-electron chi connectivity index (χ0n) is 10.2. The molecule has 0 radical (unpaired) electrons. The minimum Gasteiger partial charge on any atom is -0.367 e. The standard InChI is InChI=1S/C13H18F2N2/c1-8(10-3-4-10)17(2)13-11(14)5-9(7-16)6-12(13)15/h5-6,8,10H,3-4,7,16H2,1-2H3. The number of hydrogen-bond donors (Lipinski definition) is 1. The maximum Gasteiger partial charge on any atom is 0.149 e. The zero-order chi connectivity index (χ0) is 12.6. The monoisotopic (exact) mass is 240 g/mol. The molecular weight excluding hydrogens is 222 g/mol. The third-order valence-electron chi connectivity index (χ3n) is 3.58. The van der Waals surface area contributed by atoms with Crippen LogP contribution in [0.25, 0.3) is 0 Å². The molecule has 1 atom stereocenters. The number of anilines is 1. The van der Waals surface area contributed by atoms with Crippen LogP contribution in [0, 0.1) is 17.6 Å². The molecule has 0 heterocycles. The van der Waals surface area contributed by atoms with E-state index in [1.54, 1.807) is 11.9 Å². The Balaban J connectivity index is 2.30. The summed E-state index contributed by atoms with van der Waals surface area (Å²) in [7, 11) is 1.74. The van der Waals surface area contributed by atoms with Crippen molar-refractivity contribution in [2.45, 2.75) is 32.4 Å². The van der Waals surface area contributed by atoms with Crippen molar-refractivity contribution in [3.63, 3.8) is 0 Å². The van der Waals surface area contributed by atoms with Crippen molar-refractivity contribution < 1.29 is 8.78 Å². The molecule has 1 saturated carbocycles. The Morgan fingerprint density at radius 2 is 1.88 bits per heavy atom. The summed E-state index contributed by atoms with van der Waals surface area (Å²) in [5.74, 6) is -0.492. The molecular formula is C13H18F2N2. The van der Waals surface area contributed by atoms with Crippen LogP contribution in [0.2, 0.25) is 0 Å². The predicted molar refractivity (Wildman–Crippen MR) is 64.8 cm³/mol. The average Bonchev–Trinajstić information content (AvgIpc) is 3.10. The first kappa shape index (κ1) is 12.3. The Kier molecular flexibility index (Phi) is 3.33. The van der Waals surface area contributed by atoms with Crippen LogP contribution in [0.5, 0.6) is 0 Å². The van der Waals surface area contributed by atoms with Crippen molar-refractivity contribution in [1.82, 2.24) is 0 Å². The molecule has 0 spiro atoms. The minimum atomic E-state index is -0.527. The SMILES string of the molecule is CC(C1CC1)N(C)c1c(F)cc(CN)cc1F. The number of benzene rings is 1. The fourth-order valence-electron chi connectivity index (χ4n) is 2.17. The van der Waals surface area contributed by atoms with E-state index in [0.29, 0.717) is 11.5 Å². The van der Waals surface area contributed by atoms with Crippen LogP contribution in [0.15, 0.2) is 12.1 Å². The second kappa shape index (κ2) is 4.61. The lowest BCUT2D eigenvalue weighted by atomic mass is 10.1. The number of halogens is 2. The number of hydrogen-bond acceptors (Lipinski definition) is 2. The van der Waals surface area contributed by atoms with Crippen LogP contribution in [0.4, 0.5) is 14.5 Å². The van der Waals surface area contributed by atoms with E-state index in [4.69, 9.17) is 5.73 Å². The van der Waals surface area contributed by atoms with E-state index in [1.807, 2.05) is 6.92 Å². The molecule has 0 bridgehead atoms. The van der Waals surface area contributed by atoms with Crippen LogP contribution < -0.4 is 10.6 Å². The molecule has 1 fully saturated rings. The van der Waals surface area contributed by atoms with E-state index < -0.39 is 11.6 Å². The van der Waals surface area contributed by atoms with Gasteiger partial charge < -0.3 is 10.6 Å². The summed E-state index contributed by atoms with van der Waals surface area (Å²) in [5.41, 5.74) is 5.92. The normalized spacial score (nSPS) is 17.0. The zero-order valence-corrected chi connectivity index (χ0v) is 10.2. The van der Waals surface area contributed by atoms with Crippen LogP contribution in [-0.2, 0) is 6.54 Å². The highest BCUT2D eigenvalue weighted by Gasteiger charge is 2.32. The van der Waals surface area contributed by atoms with Crippen LogP contribution >= 0.6 is 0 Å². The highest BCUT2D eigenvalue weighted by Crippen LogP contribution is 2.37. The van der Waals surface area contributed by atoms with Gasteiger partial charge in [-0.05, 0) is 43.4 Å². The molecule has 1 aliphatic rings. The van der Waals surface area contributed by atoms with Gasteiger partial charge in [-0.3, -0.25) is 0 Å². The fraction of sp³-hybridized carbons (Fsp3) is 0.538. The van der Waals surface area contributed by atoms with Gasteiger partial charge >= 0.3 is 0 Å². The molecule has 1 aliphatic carbocycles. The second-order valence-electron chi connectivity index (χ2n) is 4.80. The lowest BCUT2D eigenvalue weighted by molar-refractivity contribution is 0.541. The summed E-state index contributed by atoms with van der Waals surface area (Å²) in [5, 5.41) is 0. The van der Waals surface area contributed by atoms with E-state index in [-0.39, 0.29) is 18.3 Å². The molecule has 0 amide bonds. The summed E-state index contributed by atoms with van der Waals surface area (Å²) in [4.78, 5) is 1.70. The molecule has 0 saturated heterocycles. The van der Waals surface area contributed by atoms with Gasteiger partial charge in [-0.1, -0.05) is 0 Å². The molecule has 2 N–H and O–H groups in total. The van der Waals surface area contributed by atoms with Crippen LogP contribution in [-0.4, -0.2) is 13.1 Å². The first-order valence-corrected chi connectivity index (χ1v) is 5.95. The molecule has 1 aromatic carbocycles. The van der Waals surface area contributed by atoms with Crippen molar-refractivity contribution >= 4 is 5.69 Å². The first-order valence-electron chi connectivity index (χ1n) is 5.95. The van der Waals surface area contributed by atoms with Crippen LogP contribution in [0.1, 0.15) is 25.3 Å². The molecule has 0 aliphatic heterocycles. The largest absolute Gasteiger partial charge is 0.367 e. The van der Waals surface area contributed by atoms with Gasteiger partial charge in [0.15, 0.2) is 0 Å². The van der Waals surface area contributed by atoms with Gasteiger partial charge in [0, 0.05) is 19.6 Å². The van der Waals surface area contributed by atoms with E-state index in [0.717, 1.165) is 12.8 Å². The third kappa shape index (κ3) is 2.41. The van der Waals surface area contributed by atoms with E-state index >= 15 is 0 Å². The third-order valence-corrected chi connectivity index (χ3v) is 3.58. The van der Waals surface area contributed by atoms with Crippen molar-refractivity contribution in [2.75, 3.05) is 11.9 Å². The van der Waals surface area contributed by atoms with Crippen molar-refractivity contribution in [2.24, 2.45) is 11.7 Å². The van der Waals surface area contributed by atoms with Gasteiger partial charge in [0.25, 0.3) is 0 Å². The summed E-state index contributed by atoms with van der Waals surface area (Å²) in [6.45, 7) is 2.16. The highest BCUT2D eigenvalue weighted by molar-refractivity contribution is 5.51. The second-order valence-corrected chi connectivity index (χ2v) is 4.80. The molecule has 2 nitrogen and oxygen atoms in total. The van der Waals surface area contributed by atoms with Gasteiger partial charge in [0.05, 0.1) is 0 Å². The molecule has 4 heteroatoms. The predicted octanol–water partition coefficient (Wildman–Crippen LogP) is 2.66. The van der Waals surface area contributed by atoms with E-state index in [2.05, 4.69) is 0 Å². The summed E-state index contributed by atoms with van der Waals surface area (Å²) in [6, 6.07) is 2.80. The molecule has 0 aromatic heterocycles. The van der Waals surface area contributed by atoms with Gasteiger partial charge in [0.1, 0.15) is 17.3 Å². The van der Waals surface area contributed by atoms with Gasteiger partial charge in [-0.15, -0.1) is 0 Å². The highest BCUT2D eigenvalue weighted by atomic mass is 19.1. The molecule has 1 unspecified atom stereocenters. The topological polar surface area (TPSA) is 29.3 Å². The van der Waals surface area contributed by atoms with Crippen LogP contribution in [0.3, 0.4) is 0 Å². The molecule has 1 aromatic rings. The summed E-state index contributed by atoms with van der Waals surface area (Å²) < 4.78 is 27.7. The Morgan fingerprint density at radius 3 is 2.29 bits per heavy atom. The maximum atomic E-state index is 13.9.